The first-order chi connectivity index (χ1) is 12.6. The summed E-state index contributed by atoms with van der Waals surface area (Å²) < 4.78 is 14.6. The molecule has 0 atom stereocenters. The zero-order valence-corrected chi connectivity index (χ0v) is 14.3. The van der Waals surface area contributed by atoms with Crippen LogP contribution in [0.2, 0.25) is 0 Å². The number of anilines is 1. The molecule has 0 spiro atoms. The molecule has 0 saturated heterocycles. The van der Waals surface area contributed by atoms with Crippen LogP contribution < -0.4 is 10.6 Å². The summed E-state index contributed by atoms with van der Waals surface area (Å²) in [6, 6.07) is 10.7. The van der Waals surface area contributed by atoms with Crippen molar-refractivity contribution >= 4 is 23.0 Å². The number of carbonyl (C=O) groups excluding carboxylic acids is 2. The molecule has 6 nitrogen and oxygen atoms in total. The molecule has 0 saturated carbocycles. The molecule has 1 aromatic carbocycles. The van der Waals surface area contributed by atoms with E-state index in [-0.39, 0.29) is 23.2 Å². The van der Waals surface area contributed by atoms with Gasteiger partial charge >= 0.3 is 0 Å². The second-order valence-electron chi connectivity index (χ2n) is 5.81. The van der Waals surface area contributed by atoms with Crippen molar-refractivity contribution in [1.82, 2.24) is 14.7 Å². The lowest BCUT2D eigenvalue weighted by Gasteiger charge is -2.04. The van der Waals surface area contributed by atoms with Gasteiger partial charge in [0.2, 0.25) is 5.82 Å². The maximum atomic E-state index is 13.0. The summed E-state index contributed by atoms with van der Waals surface area (Å²) in [5.41, 5.74) is 1.19. The van der Waals surface area contributed by atoms with Crippen LogP contribution in [0.5, 0.6) is 0 Å². The zero-order chi connectivity index (χ0) is 18.5. The Labute approximate surface area is 150 Å². The Kier molecular flexibility index (Phi) is 5.26. The SMILES string of the molecule is CCCCNC(=O)c1nc(C(=O)Nc2ccc(F)cc2)n2ccccc12. The molecule has 26 heavy (non-hydrogen) atoms. The summed E-state index contributed by atoms with van der Waals surface area (Å²) >= 11 is 0. The van der Waals surface area contributed by atoms with Gasteiger partial charge in [0.15, 0.2) is 5.69 Å². The Bertz CT molecular complexity index is 934. The summed E-state index contributed by atoms with van der Waals surface area (Å²) in [5, 5.41) is 5.47. The van der Waals surface area contributed by atoms with Crippen molar-refractivity contribution in [3.63, 3.8) is 0 Å². The lowest BCUT2D eigenvalue weighted by atomic mass is 10.3. The van der Waals surface area contributed by atoms with Crippen LogP contribution >= 0.6 is 0 Å². The fraction of sp³-hybridized carbons (Fsp3) is 0.211. The summed E-state index contributed by atoms with van der Waals surface area (Å²) in [7, 11) is 0. The zero-order valence-electron chi connectivity index (χ0n) is 14.3. The molecule has 0 radical (unpaired) electrons. The number of aromatic nitrogens is 2. The molecular weight excluding hydrogens is 335 g/mol. The van der Waals surface area contributed by atoms with Crippen molar-refractivity contribution in [3.8, 4) is 0 Å². The Hall–Kier alpha value is -3.22. The molecule has 0 aliphatic heterocycles. The molecule has 134 valence electrons. The first-order valence-electron chi connectivity index (χ1n) is 8.42. The molecule has 0 unspecified atom stereocenters. The van der Waals surface area contributed by atoms with Crippen LogP contribution in [-0.4, -0.2) is 27.7 Å². The second-order valence-corrected chi connectivity index (χ2v) is 5.81. The third kappa shape index (κ3) is 3.72. The maximum Gasteiger partial charge on any atom is 0.292 e. The van der Waals surface area contributed by atoms with Crippen molar-refractivity contribution in [2.75, 3.05) is 11.9 Å². The van der Waals surface area contributed by atoms with E-state index in [4.69, 9.17) is 0 Å². The van der Waals surface area contributed by atoms with E-state index in [0.717, 1.165) is 12.8 Å². The molecule has 0 aliphatic rings. The van der Waals surface area contributed by atoms with Crippen LogP contribution in [0.4, 0.5) is 10.1 Å². The van der Waals surface area contributed by atoms with Gasteiger partial charge in [0, 0.05) is 18.4 Å². The first-order valence-corrected chi connectivity index (χ1v) is 8.42. The fourth-order valence-corrected chi connectivity index (χ4v) is 2.55. The van der Waals surface area contributed by atoms with Gasteiger partial charge < -0.3 is 10.6 Å². The smallest absolute Gasteiger partial charge is 0.292 e. The number of fused-ring (bicyclic) bond motifs is 1. The number of nitrogens with one attached hydrogen (secondary N) is 2. The van der Waals surface area contributed by atoms with Gasteiger partial charge in [-0.05, 0) is 42.8 Å². The monoisotopic (exact) mass is 354 g/mol. The lowest BCUT2D eigenvalue weighted by Crippen LogP contribution is -2.25. The van der Waals surface area contributed by atoms with Crippen LogP contribution in [0.15, 0.2) is 48.7 Å². The van der Waals surface area contributed by atoms with Crippen LogP contribution in [-0.2, 0) is 0 Å². The van der Waals surface area contributed by atoms with E-state index >= 15 is 0 Å². The van der Waals surface area contributed by atoms with E-state index in [0.29, 0.717) is 17.7 Å². The van der Waals surface area contributed by atoms with Crippen molar-refractivity contribution in [2.45, 2.75) is 19.8 Å². The van der Waals surface area contributed by atoms with E-state index in [1.54, 1.807) is 28.8 Å². The van der Waals surface area contributed by atoms with Crippen molar-refractivity contribution in [2.24, 2.45) is 0 Å². The van der Waals surface area contributed by atoms with Gasteiger partial charge in [-0.15, -0.1) is 0 Å². The van der Waals surface area contributed by atoms with Crippen molar-refractivity contribution < 1.29 is 14.0 Å². The van der Waals surface area contributed by atoms with E-state index < -0.39 is 5.91 Å². The predicted octanol–water partition coefficient (Wildman–Crippen LogP) is 3.26. The molecule has 3 rings (SSSR count). The van der Waals surface area contributed by atoms with Gasteiger partial charge in [-0.25, -0.2) is 9.37 Å². The molecular formula is C19H19FN4O2. The minimum atomic E-state index is -0.481. The largest absolute Gasteiger partial charge is 0.351 e. The molecule has 0 fully saturated rings. The minimum Gasteiger partial charge on any atom is -0.351 e. The van der Waals surface area contributed by atoms with Crippen LogP contribution in [0.3, 0.4) is 0 Å². The van der Waals surface area contributed by atoms with Crippen LogP contribution in [0, 0.1) is 5.82 Å². The number of imidazole rings is 1. The molecule has 2 amide bonds. The normalized spacial score (nSPS) is 10.7. The average molecular weight is 354 g/mol. The van der Waals surface area contributed by atoms with Gasteiger partial charge in [0.05, 0.1) is 5.52 Å². The molecule has 2 aromatic heterocycles. The second kappa shape index (κ2) is 7.77. The number of rotatable bonds is 6. The van der Waals surface area contributed by atoms with Gasteiger partial charge in [-0.2, -0.15) is 0 Å². The van der Waals surface area contributed by atoms with Crippen molar-refractivity contribution in [1.29, 1.82) is 0 Å². The van der Waals surface area contributed by atoms with Crippen LogP contribution in [0.25, 0.3) is 5.52 Å². The molecule has 2 heterocycles. The van der Waals surface area contributed by atoms with Crippen molar-refractivity contribution in [3.05, 3.63) is 66.0 Å². The molecule has 2 N–H and O–H groups in total. The summed E-state index contributed by atoms with van der Waals surface area (Å²) in [5.74, 6) is -1.10. The average Bonchev–Trinajstić information content (AvgIpc) is 3.04. The van der Waals surface area contributed by atoms with Gasteiger partial charge in [0.25, 0.3) is 11.8 Å². The predicted molar refractivity (Wildman–Crippen MR) is 96.8 cm³/mol. The minimum absolute atomic E-state index is 0.0885. The summed E-state index contributed by atoms with van der Waals surface area (Å²) in [6.07, 6.45) is 3.51. The van der Waals surface area contributed by atoms with E-state index in [2.05, 4.69) is 15.6 Å². The number of nitrogens with zero attached hydrogens (tertiary/aromatic N) is 2. The van der Waals surface area contributed by atoms with E-state index in [9.17, 15) is 14.0 Å². The Morgan fingerprint density at radius 2 is 1.88 bits per heavy atom. The Morgan fingerprint density at radius 1 is 1.12 bits per heavy atom. The summed E-state index contributed by atoms with van der Waals surface area (Å²) in [4.78, 5) is 29.2. The standard InChI is InChI=1S/C19H19FN4O2/c1-2-3-11-21-18(25)16-15-6-4-5-12-24(15)17(23-16)19(26)22-14-9-7-13(20)8-10-14/h4-10,12H,2-3,11H2,1H3,(H,21,25)(H,22,26). The van der Waals surface area contributed by atoms with E-state index in [1.807, 2.05) is 6.92 Å². The number of benzene rings is 1. The van der Waals surface area contributed by atoms with E-state index in [1.165, 1.54) is 24.3 Å². The highest BCUT2D eigenvalue weighted by atomic mass is 19.1. The first kappa shape index (κ1) is 17.6. The fourth-order valence-electron chi connectivity index (χ4n) is 2.55. The molecule has 0 bridgehead atoms. The number of halogens is 1. The number of amides is 2. The maximum absolute atomic E-state index is 13.0. The number of hydrogen-bond acceptors (Lipinski definition) is 3. The molecule has 3 aromatic rings. The van der Waals surface area contributed by atoms with Gasteiger partial charge in [-0.1, -0.05) is 19.4 Å². The number of pyridine rings is 1. The molecule has 0 aliphatic carbocycles. The number of carbonyl (C=O) groups is 2. The highest BCUT2D eigenvalue weighted by Gasteiger charge is 2.21. The van der Waals surface area contributed by atoms with Gasteiger partial charge in [0.1, 0.15) is 5.82 Å². The topological polar surface area (TPSA) is 75.5 Å². The third-order valence-corrected chi connectivity index (χ3v) is 3.88. The Balaban J connectivity index is 1.89. The quantitative estimate of drug-likeness (QED) is 0.667. The number of unbranched alkanes of at least 4 members (excludes halogenated alkanes) is 1. The Morgan fingerprint density at radius 3 is 2.62 bits per heavy atom. The summed E-state index contributed by atoms with van der Waals surface area (Å²) in [6.45, 7) is 2.59. The number of hydrogen-bond donors (Lipinski definition) is 2. The van der Waals surface area contributed by atoms with Crippen LogP contribution in [0.1, 0.15) is 40.9 Å². The molecule has 7 heteroatoms. The van der Waals surface area contributed by atoms with Gasteiger partial charge in [-0.3, -0.25) is 14.0 Å². The lowest BCUT2D eigenvalue weighted by molar-refractivity contribution is 0.0950. The highest BCUT2D eigenvalue weighted by molar-refractivity contribution is 6.06. The highest BCUT2D eigenvalue weighted by Crippen LogP contribution is 2.15. The third-order valence-electron chi connectivity index (χ3n) is 3.88.